The molecule has 0 saturated carbocycles. The highest BCUT2D eigenvalue weighted by Gasteiger charge is 2.36. The molecule has 1 fully saturated rings. The zero-order valence-corrected chi connectivity index (χ0v) is 10.8. The lowest BCUT2D eigenvalue weighted by Gasteiger charge is -2.08. The molecular formula is C14H17NO4. The number of esters is 1. The van der Waals surface area contributed by atoms with Gasteiger partial charge in [-0.3, -0.25) is 4.79 Å². The highest BCUT2D eigenvalue weighted by atomic mass is 16.5. The first-order chi connectivity index (χ1) is 9.20. The van der Waals surface area contributed by atoms with Crippen molar-refractivity contribution in [1.82, 2.24) is 5.32 Å². The molecule has 19 heavy (non-hydrogen) atoms. The Morgan fingerprint density at radius 2 is 2.11 bits per heavy atom. The van der Waals surface area contributed by atoms with Gasteiger partial charge in [0.1, 0.15) is 6.04 Å². The Bertz CT molecular complexity index is 446. The van der Waals surface area contributed by atoms with Crippen molar-refractivity contribution in [3.8, 4) is 0 Å². The minimum Gasteiger partial charge on any atom is -0.467 e. The lowest BCUT2D eigenvalue weighted by Crippen LogP contribution is -2.34. The van der Waals surface area contributed by atoms with E-state index in [1.807, 2.05) is 30.3 Å². The number of amides is 1. The summed E-state index contributed by atoms with van der Waals surface area (Å²) in [6.45, 7) is 0.779. The van der Waals surface area contributed by atoms with E-state index >= 15 is 0 Å². The van der Waals surface area contributed by atoms with Gasteiger partial charge in [0.25, 0.3) is 0 Å². The highest BCUT2D eigenvalue weighted by Crippen LogP contribution is 2.17. The van der Waals surface area contributed by atoms with Crippen LogP contribution in [0.5, 0.6) is 0 Å². The molecule has 0 aromatic heterocycles. The van der Waals surface area contributed by atoms with Crippen LogP contribution in [-0.2, 0) is 25.7 Å². The van der Waals surface area contributed by atoms with Crippen molar-refractivity contribution in [2.75, 3.05) is 13.7 Å². The van der Waals surface area contributed by atoms with Crippen LogP contribution in [0.2, 0.25) is 0 Å². The van der Waals surface area contributed by atoms with E-state index in [0.717, 1.165) is 5.56 Å². The average molecular weight is 263 g/mol. The summed E-state index contributed by atoms with van der Waals surface area (Å²) >= 11 is 0. The Kier molecular flexibility index (Phi) is 4.52. The maximum atomic E-state index is 11.6. The Morgan fingerprint density at radius 1 is 1.37 bits per heavy atom. The molecule has 1 heterocycles. The van der Waals surface area contributed by atoms with Gasteiger partial charge in [0.2, 0.25) is 5.91 Å². The first kappa shape index (κ1) is 13.5. The number of nitrogens with one attached hydrogen (secondary N) is 1. The van der Waals surface area contributed by atoms with Crippen LogP contribution in [-0.4, -0.2) is 31.6 Å². The van der Waals surface area contributed by atoms with Gasteiger partial charge in [0, 0.05) is 0 Å². The maximum Gasteiger partial charge on any atom is 0.328 e. The zero-order valence-electron chi connectivity index (χ0n) is 10.8. The van der Waals surface area contributed by atoms with Gasteiger partial charge in [-0.2, -0.15) is 0 Å². The third kappa shape index (κ3) is 3.54. The molecule has 1 amide bonds. The van der Waals surface area contributed by atoms with Gasteiger partial charge < -0.3 is 14.8 Å². The van der Waals surface area contributed by atoms with Crippen LogP contribution in [0.25, 0.3) is 0 Å². The van der Waals surface area contributed by atoms with E-state index in [0.29, 0.717) is 19.6 Å². The van der Waals surface area contributed by atoms with Crippen molar-refractivity contribution in [2.45, 2.75) is 19.1 Å². The van der Waals surface area contributed by atoms with E-state index in [4.69, 9.17) is 4.74 Å². The largest absolute Gasteiger partial charge is 0.467 e. The molecule has 0 bridgehead atoms. The number of ether oxygens (including phenoxy) is 2. The minimum atomic E-state index is -0.539. The summed E-state index contributed by atoms with van der Waals surface area (Å²) < 4.78 is 10.1. The van der Waals surface area contributed by atoms with Crippen molar-refractivity contribution >= 4 is 11.9 Å². The van der Waals surface area contributed by atoms with Gasteiger partial charge in [0.15, 0.2) is 0 Å². The third-order valence-corrected chi connectivity index (χ3v) is 3.12. The van der Waals surface area contributed by atoms with Crippen molar-refractivity contribution in [3.63, 3.8) is 0 Å². The summed E-state index contributed by atoms with van der Waals surface area (Å²) in [6.07, 6.45) is 0.431. The summed E-state index contributed by atoms with van der Waals surface area (Å²) in [5.41, 5.74) is 1.06. The topological polar surface area (TPSA) is 64.6 Å². The molecule has 1 saturated heterocycles. The van der Waals surface area contributed by atoms with E-state index in [-0.39, 0.29) is 11.8 Å². The molecule has 102 valence electrons. The number of rotatable bonds is 5. The fourth-order valence-electron chi connectivity index (χ4n) is 2.07. The van der Waals surface area contributed by atoms with E-state index in [9.17, 15) is 9.59 Å². The molecule has 1 unspecified atom stereocenters. The molecule has 1 aliphatic heterocycles. The van der Waals surface area contributed by atoms with E-state index in [1.165, 1.54) is 7.11 Å². The van der Waals surface area contributed by atoms with Crippen molar-refractivity contribution in [1.29, 1.82) is 0 Å². The van der Waals surface area contributed by atoms with Gasteiger partial charge in [-0.25, -0.2) is 4.79 Å². The molecular weight excluding hydrogens is 246 g/mol. The second-order valence-corrected chi connectivity index (χ2v) is 4.52. The lowest BCUT2D eigenvalue weighted by molar-refractivity contribution is -0.143. The van der Waals surface area contributed by atoms with Crippen LogP contribution in [0.1, 0.15) is 12.0 Å². The Hall–Kier alpha value is -1.88. The SMILES string of the molecule is COC(=O)[C@H]1CC(COCc2ccccc2)C(=O)N1. The quantitative estimate of drug-likeness (QED) is 0.801. The zero-order chi connectivity index (χ0) is 13.7. The molecule has 5 heteroatoms. The molecule has 2 rings (SSSR count). The van der Waals surface area contributed by atoms with Crippen molar-refractivity contribution < 1.29 is 19.1 Å². The summed E-state index contributed by atoms with van der Waals surface area (Å²) in [7, 11) is 1.31. The third-order valence-electron chi connectivity index (χ3n) is 3.12. The molecule has 0 aliphatic carbocycles. The second-order valence-electron chi connectivity index (χ2n) is 4.52. The van der Waals surface area contributed by atoms with Gasteiger partial charge in [-0.05, 0) is 12.0 Å². The van der Waals surface area contributed by atoms with Gasteiger partial charge in [-0.1, -0.05) is 30.3 Å². The van der Waals surface area contributed by atoms with Crippen molar-refractivity contribution in [3.05, 3.63) is 35.9 Å². The summed E-state index contributed by atoms with van der Waals surface area (Å²) in [5.74, 6) is -0.838. The second kappa shape index (κ2) is 6.33. The molecule has 1 aromatic rings. The van der Waals surface area contributed by atoms with Crippen LogP contribution in [0.3, 0.4) is 0 Å². The Labute approximate surface area is 111 Å². The average Bonchev–Trinajstić information content (AvgIpc) is 2.81. The van der Waals surface area contributed by atoms with Crippen molar-refractivity contribution in [2.24, 2.45) is 5.92 Å². The molecule has 1 aromatic carbocycles. The van der Waals surface area contributed by atoms with Crippen LogP contribution >= 0.6 is 0 Å². The standard InChI is InChI=1S/C14H17NO4/c1-18-14(17)12-7-11(13(16)15-12)9-19-8-10-5-3-2-4-6-10/h2-6,11-12H,7-9H2,1H3,(H,15,16)/t11?,12-/m1/s1. The Balaban J connectivity index is 1.78. The van der Waals surface area contributed by atoms with E-state index < -0.39 is 12.0 Å². The number of hydrogen-bond donors (Lipinski definition) is 1. The number of hydrogen-bond acceptors (Lipinski definition) is 4. The maximum absolute atomic E-state index is 11.6. The molecule has 5 nitrogen and oxygen atoms in total. The number of carbonyl (C=O) groups is 2. The van der Waals surface area contributed by atoms with E-state index in [2.05, 4.69) is 10.1 Å². The summed E-state index contributed by atoms with van der Waals surface area (Å²) in [6, 6.07) is 9.21. The van der Waals surface area contributed by atoms with Crippen LogP contribution < -0.4 is 5.32 Å². The van der Waals surface area contributed by atoms with Gasteiger partial charge >= 0.3 is 5.97 Å². The Morgan fingerprint density at radius 3 is 2.79 bits per heavy atom. The lowest BCUT2D eigenvalue weighted by atomic mass is 10.1. The highest BCUT2D eigenvalue weighted by molar-refractivity contribution is 5.89. The van der Waals surface area contributed by atoms with Crippen LogP contribution in [0.4, 0.5) is 0 Å². The molecule has 2 atom stereocenters. The minimum absolute atomic E-state index is 0.150. The van der Waals surface area contributed by atoms with E-state index in [1.54, 1.807) is 0 Å². The number of carbonyl (C=O) groups excluding carboxylic acids is 2. The fourth-order valence-corrected chi connectivity index (χ4v) is 2.07. The number of benzene rings is 1. The monoisotopic (exact) mass is 263 g/mol. The normalized spacial score (nSPS) is 22.1. The molecule has 0 radical (unpaired) electrons. The smallest absolute Gasteiger partial charge is 0.328 e. The summed E-state index contributed by atoms with van der Waals surface area (Å²) in [4.78, 5) is 23.0. The van der Waals surface area contributed by atoms with Gasteiger partial charge in [0.05, 0.1) is 26.2 Å². The van der Waals surface area contributed by atoms with Gasteiger partial charge in [-0.15, -0.1) is 0 Å². The first-order valence-electron chi connectivity index (χ1n) is 6.20. The number of methoxy groups -OCH3 is 1. The van der Waals surface area contributed by atoms with Crippen LogP contribution in [0, 0.1) is 5.92 Å². The van der Waals surface area contributed by atoms with Crippen LogP contribution in [0.15, 0.2) is 30.3 Å². The summed E-state index contributed by atoms with van der Waals surface area (Å²) in [5, 5.41) is 2.61. The fraction of sp³-hybridized carbons (Fsp3) is 0.429. The molecule has 0 spiro atoms. The predicted octanol–water partition coefficient (Wildman–Crippen LogP) is 0.881. The molecule has 1 N–H and O–H groups in total. The first-order valence-corrected chi connectivity index (χ1v) is 6.20. The molecule has 1 aliphatic rings. The predicted molar refractivity (Wildman–Crippen MR) is 68.2 cm³/mol.